The number of methoxy groups -OCH3 is 2. The largest absolute Gasteiger partial charge is 0.493 e. The number of amides is 2. The number of aromatic nitrogens is 1. The minimum absolute atomic E-state index is 0.224. The van der Waals surface area contributed by atoms with Crippen molar-refractivity contribution in [2.75, 3.05) is 58.4 Å². The monoisotopic (exact) mass is 485 g/mol. The summed E-state index contributed by atoms with van der Waals surface area (Å²) >= 11 is 0. The van der Waals surface area contributed by atoms with Crippen LogP contribution in [0.5, 0.6) is 11.5 Å². The summed E-state index contributed by atoms with van der Waals surface area (Å²) in [4.78, 5) is 35.7. The minimum Gasteiger partial charge on any atom is -0.493 e. The molecule has 1 saturated heterocycles. The van der Waals surface area contributed by atoms with Gasteiger partial charge in [0.05, 0.1) is 42.1 Å². The van der Waals surface area contributed by atoms with Gasteiger partial charge in [0.1, 0.15) is 6.07 Å². The van der Waals surface area contributed by atoms with Crippen LogP contribution in [0.2, 0.25) is 0 Å². The van der Waals surface area contributed by atoms with Gasteiger partial charge < -0.3 is 14.4 Å². The number of nitriles is 1. The molecule has 0 unspecified atom stereocenters. The number of benzene rings is 2. The fraction of sp³-hybridized carbons (Fsp3) is 0.333. The first kappa shape index (κ1) is 23.6. The van der Waals surface area contributed by atoms with Crippen LogP contribution in [0.4, 0.5) is 5.69 Å². The first-order chi connectivity index (χ1) is 17.5. The summed E-state index contributed by atoms with van der Waals surface area (Å²) in [5.41, 5.74) is 3.03. The van der Waals surface area contributed by atoms with Crippen molar-refractivity contribution in [2.24, 2.45) is 0 Å². The molecule has 2 aliphatic heterocycles. The highest BCUT2D eigenvalue weighted by Crippen LogP contribution is 2.37. The molecule has 0 radical (unpaired) electrons. The van der Waals surface area contributed by atoms with Crippen molar-refractivity contribution in [3.05, 3.63) is 59.3 Å². The number of nitrogens with zero attached hydrogens (tertiary/aromatic N) is 5. The van der Waals surface area contributed by atoms with Crippen molar-refractivity contribution in [1.29, 1.82) is 5.26 Å². The molecule has 3 heterocycles. The Labute approximate surface area is 209 Å². The van der Waals surface area contributed by atoms with E-state index in [1.165, 1.54) is 4.90 Å². The van der Waals surface area contributed by atoms with Gasteiger partial charge in [-0.05, 0) is 31.2 Å². The van der Waals surface area contributed by atoms with Crippen molar-refractivity contribution in [3.8, 4) is 17.6 Å². The molecule has 9 heteroatoms. The lowest BCUT2D eigenvalue weighted by Gasteiger charge is -2.26. The average molecular weight is 486 g/mol. The molecule has 5 rings (SSSR count). The van der Waals surface area contributed by atoms with Crippen LogP contribution in [0.25, 0.3) is 10.9 Å². The van der Waals surface area contributed by atoms with E-state index < -0.39 is 0 Å². The number of hydrogen-bond acceptors (Lipinski definition) is 8. The van der Waals surface area contributed by atoms with E-state index in [0.717, 1.165) is 42.6 Å². The van der Waals surface area contributed by atoms with E-state index in [0.29, 0.717) is 47.8 Å². The van der Waals surface area contributed by atoms with E-state index >= 15 is 0 Å². The van der Waals surface area contributed by atoms with Crippen LogP contribution in [-0.4, -0.2) is 80.1 Å². The second-order valence-corrected chi connectivity index (χ2v) is 8.85. The molecule has 0 N–H and O–H groups in total. The summed E-state index contributed by atoms with van der Waals surface area (Å²) in [5, 5.41) is 10.7. The highest BCUT2D eigenvalue weighted by Gasteiger charge is 2.35. The Morgan fingerprint density at radius 1 is 0.944 bits per heavy atom. The van der Waals surface area contributed by atoms with E-state index in [1.807, 2.05) is 12.1 Å². The second kappa shape index (κ2) is 9.84. The fourth-order valence-corrected chi connectivity index (χ4v) is 5.03. The molecule has 1 aromatic heterocycles. The number of anilines is 1. The third-order valence-electron chi connectivity index (χ3n) is 6.89. The molecule has 3 aromatic rings. The van der Waals surface area contributed by atoms with Gasteiger partial charge >= 0.3 is 0 Å². The van der Waals surface area contributed by atoms with Crippen molar-refractivity contribution in [2.45, 2.75) is 6.42 Å². The fourth-order valence-electron chi connectivity index (χ4n) is 5.03. The van der Waals surface area contributed by atoms with E-state index in [4.69, 9.17) is 9.47 Å². The molecule has 36 heavy (non-hydrogen) atoms. The molecular formula is C27H27N5O4. The predicted octanol–water partition coefficient (Wildman–Crippen LogP) is 2.93. The Bertz CT molecular complexity index is 1350. The third-order valence-corrected chi connectivity index (χ3v) is 6.89. The topological polar surface area (TPSA) is 99.0 Å². The van der Waals surface area contributed by atoms with Crippen LogP contribution in [0.15, 0.2) is 42.6 Å². The van der Waals surface area contributed by atoms with Crippen LogP contribution in [-0.2, 0) is 0 Å². The van der Waals surface area contributed by atoms with E-state index in [-0.39, 0.29) is 11.8 Å². The first-order valence-corrected chi connectivity index (χ1v) is 11.9. The number of carbonyl (C=O) groups is 2. The van der Waals surface area contributed by atoms with Crippen molar-refractivity contribution >= 4 is 28.4 Å². The summed E-state index contributed by atoms with van der Waals surface area (Å²) in [7, 11) is 3.17. The Morgan fingerprint density at radius 2 is 1.64 bits per heavy atom. The number of hydrogen-bond donors (Lipinski definition) is 0. The lowest BCUT2D eigenvalue weighted by atomic mass is 10.1. The Morgan fingerprint density at radius 3 is 2.31 bits per heavy atom. The lowest BCUT2D eigenvalue weighted by Crippen LogP contribution is -2.39. The normalized spacial score (nSPS) is 16.1. The van der Waals surface area contributed by atoms with Gasteiger partial charge in [-0.1, -0.05) is 12.1 Å². The second-order valence-electron chi connectivity index (χ2n) is 8.85. The number of ether oxygens (including phenoxy) is 2. The highest BCUT2D eigenvalue weighted by atomic mass is 16.5. The molecule has 2 aromatic carbocycles. The molecule has 9 nitrogen and oxygen atoms in total. The maximum Gasteiger partial charge on any atom is 0.261 e. The summed E-state index contributed by atoms with van der Waals surface area (Å²) in [6.07, 6.45) is 2.48. The van der Waals surface area contributed by atoms with Gasteiger partial charge in [0, 0.05) is 50.4 Å². The Kier molecular flexibility index (Phi) is 6.44. The molecular weight excluding hydrogens is 458 g/mol. The van der Waals surface area contributed by atoms with Gasteiger partial charge in [-0.2, -0.15) is 5.26 Å². The third kappa shape index (κ3) is 4.10. The first-order valence-electron chi connectivity index (χ1n) is 11.9. The number of pyridine rings is 1. The van der Waals surface area contributed by atoms with Gasteiger partial charge in [0.25, 0.3) is 11.8 Å². The summed E-state index contributed by atoms with van der Waals surface area (Å²) < 4.78 is 10.9. The Hall–Kier alpha value is -4.16. The van der Waals surface area contributed by atoms with Crippen LogP contribution >= 0.6 is 0 Å². The predicted molar refractivity (Wildman–Crippen MR) is 135 cm³/mol. The van der Waals surface area contributed by atoms with Crippen LogP contribution in [0.1, 0.15) is 32.7 Å². The van der Waals surface area contributed by atoms with Gasteiger partial charge in [-0.3, -0.25) is 24.4 Å². The maximum atomic E-state index is 12.7. The summed E-state index contributed by atoms with van der Waals surface area (Å²) in [5.74, 6) is 0.723. The molecule has 0 saturated carbocycles. The van der Waals surface area contributed by atoms with Gasteiger partial charge in [-0.15, -0.1) is 0 Å². The van der Waals surface area contributed by atoms with Crippen molar-refractivity contribution in [3.63, 3.8) is 0 Å². The van der Waals surface area contributed by atoms with Crippen LogP contribution in [0.3, 0.4) is 0 Å². The molecule has 0 atom stereocenters. The van der Waals surface area contributed by atoms with E-state index in [1.54, 1.807) is 44.7 Å². The Balaban J connectivity index is 1.33. The molecule has 184 valence electrons. The SMILES string of the molecule is COc1cc2ncc(C#N)c(N3CCCN(CCN4C(=O)c5ccccc5C4=O)CC3)c2cc1OC. The molecule has 0 bridgehead atoms. The average Bonchev–Trinajstić information content (AvgIpc) is 3.05. The highest BCUT2D eigenvalue weighted by molar-refractivity contribution is 6.21. The van der Waals surface area contributed by atoms with Crippen molar-refractivity contribution < 1.29 is 19.1 Å². The molecule has 2 amide bonds. The molecule has 0 spiro atoms. The molecule has 0 aliphatic carbocycles. The zero-order valence-electron chi connectivity index (χ0n) is 20.4. The number of rotatable bonds is 6. The van der Waals surface area contributed by atoms with Crippen LogP contribution in [0, 0.1) is 11.3 Å². The number of carbonyl (C=O) groups excluding carboxylic acids is 2. The van der Waals surface area contributed by atoms with E-state index in [9.17, 15) is 14.9 Å². The van der Waals surface area contributed by atoms with Crippen molar-refractivity contribution in [1.82, 2.24) is 14.8 Å². The van der Waals surface area contributed by atoms with Gasteiger partial charge in [-0.25, -0.2) is 0 Å². The number of imide groups is 1. The van der Waals surface area contributed by atoms with Gasteiger partial charge in [0.2, 0.25) is 0 Å². The minimum atomic E-state index is -0.224. The van der Waals surface area contributed by atoms with Gasteiger partial charge in [0.15, 0.2) is 11.5 Å². The zero-order chi connectivity index (χ0) is 25.2. The smallest absolute Gasteiger partial charge is 0.261 e. The zero-order valence-corrected chi connectivity index (χ0v) is 20.4. The standard InChI is InChI=1S/C27H27N5O4/c1-35-23-14-21-22(15-24(23)36-2)29-17-18(16-28)25(21)31-9-5-8-30(10-12-31)11-13-32-26(33)19-6-3-4-7-20(19)27(32)34/h3-4,6-7,14-15,17H,5,8-13H2,1-2H3. The van der Waals surface area contributed by atoms with E-state index in [2.05, 4.69) is 20.9 Å². The summed E-state index contributed by atoms with van der Waals surface area (Å²) in [6.45, 7) is 4.00. The maximum absolute atomic E-state index is 12.7. The molecule has 2 aliphatic rings. The number of fused-ring (bicyclic) bond motifs is 2. The molecule has 1 fully saturated rings. The lowest BCUT2D eigenvalue weighted by molar-refractivity contribution is 0.0637. The summed E-state index contributed by atoms with van der Waals surface area (Å²) in [6, 6.07) is 13.0. The quantitative estimate of drug-likeness (QED) is 0.492. The van der Waals surface area contributed by atoms with Crippen LogP contribution < -0.4 is 14.4 Å².